The molecule has 4 nitrogen and oxygen atoms in total. The first-order valence-corrected chi connectivity index (χ1v) is 8.05. The summed E-state index contributed by atoms with van der Waals surface area (Å²) in [6, 6.07) is 0.443. The molecule has 2 aliphatic rings. The van der Waals surface area contributed by atoms with Gasteiger partial charge in [0.1, 0.15) is 5.60 Å². The fourth-order valence-corrected chi connectivity index (χ4v) is 3.26. The maximum atomic E-state index is 12.0. The molecule has 0 aromatic heterocycles. The molecule has 1 aliphatic heterocycles. The number of carbonyl (C=O) groups is 1. The van der Waals surface area contributed by atoms with Crippen LogP contribution in [0.5, 0.6) is 0 Å². The fraction of sp³-hybridized carbons (Fsp3) is 0.938. The largest absolute Gasteiger partial charge is 0.444 e. The van der Waals surface area contributed by atoms with Gasteiger partial charge in [0, 0.05) is 19.1 Å². The van der Waals surface area contributed by atoms with Crippen LogP contribution in [0.15, 0.2) is 0 Å². The summed E-state index contributed by atoms with van der Waals surface area (Å²) in [6.07, 6.45) is 4.96. The lowest BCUT2D eigenvalue weighted by Gasteiger charge is -2.24. The van der Waals surface area contributed by atoms with Gasteiger partial charge in [-0.05, 0) is 58.4 Å². The summed E-state index contributed by atoms with van der Waals surface area (Å²) in [5.41, 5.74) is -0.400. The number of hydrogen-bond acceptors (Lipinski definition) is 3. The van der Waals surface area contributed by atoms with E-state index in [1.54, 1.807) is 0 Å². The Balaban J connectivity index is 1.68. The first-order chi connectivity index (χ1) is 9.33. The van der Waals surface area contributed by atoms with Gasteiger partial charge < -0.3 is 15.0 Å². The van der Waals surface area contributed by atoms with Crippen LogP contribution in [-0.4, -0.2) is 42.3 Å². The number of carbonyl (C=O) groups excluding carboxylic acids is 1. The van der Waals surface area contributed by atoms with E-state index in [0.717, 1.165) is 37.9 Å². The van der Waals surface area contributed by atoms with Gasteiger partial charge in [0.15, 0.2) is 0 Å². The molecule has 0 spiro atoms. The molecule has 1 saturated heterocycles. The second-order valence-corrected chi connectivity index (χ2v) is 7.60. The molecule has 3 unspecified atom stereocenters. The zero-order valence-corrected chi connectivity index (χ0v) is 13.4. The van der Waals surface area contributed by atoms with Crippen LogP contribution in [0.4, 0.5) is 4.79 Å². The first-order valence-electron chi connectivity index (χ1n) is 8.05. The van der Waals surface area contributed by atoms with Gasteiger partial charge in [0.25, 0.3) is 0 Å². The minimum Gasteiger partial charge on any atom is -0.444 e. The topological polar surface area (TPSA) is 41.6 Å². The lowest BCUT2D eigenvalue weighted by molar-refractivity contribution is 0.0291. The lowest BCUT2D eigenvalue weighted by Crippen LogP contribution is -2.39. The van der Waals surface area contributed by atoms with Crippen molar-refractivity contribution in [1.82, 2.24) is 10.2 Å². The van der Waals surface area contributed by atoms with E-state index in [1.807, 2.05) is 25.7 Å². The zero-order chi connectivity index (χ0) is 14.8. The molecular weight excluding hydrogens is 252 g/mol. The Morgan fingerprint density at radius 3 is 2.65 bits per heavy atom. The van der Waals surface area contributed by atoms with E-state index in [-0.39, 0.29) is 6.09 Å². The molecule has 1 N–H and O–H groups in total. The maximum Gasteiger partial charge on any atom is 0.410 e. The molecule has 1 saturated carbocycles. The third-order valence-corrected chi connectivity index (χ3v) is 4.34. The molecule has 20 heavy (non-hydrogen) atoms. The number of nitrogens with zero attached hydrogens (tertiary/aromatic N) is 1. The number of amides is 1. The zero-order valence-electron chi connectivity index (χ0n) is 13.4. The number of nitrogens with one attached hydrogen (secondary N) is 1. The second kappa shape index (κ2) is 6.33. The van der Waals surface area contributed by atoms with Gasteiger partial charge in [0.2, 0.25) is 0 Å². The Bertz CT molecular complexity index is 338. The van der Waals surface area contributed by atoms with Crippen LogP contribution in [0, 0.1) is 11.8 Å². The van der Waals surface area contributed by atoms with Crippen LogP contribution in [0.2, 0.25) is 0 Å². The second-order valence-electron chi connectivity index (χ2n) is 7.60. The van der Waals surface area contributed by atoms with E-state index >= 15 is 0 Å². The molecule has 3 atom stereocenters. The van der Waals surface area contributed by atoms with E-state index < -0.39 is 5.60 Å². The fourth-order valence-electron chi connectivity index (χ4n) is 3.26. The highest BCUT2D eigenvalue weighted by molar-refractivity contribution is 5.68. The van der Waals surface area contributed by atoms with Gasteiger partial charge in [-0.1, -0.05) is 13.3 Å². The van der Waals surface area contributed by atoms with Crippen LogP contribution in [0.1, 0.15) is 53.4 Å². The maximum absolute atomic E-state index is 12.0. The molecule has 1 amide bonds. The Hall–Kier alpha value is -0.770. The minimum atomic E-state index is -0.400. The van der Waals surface area contributed by atoms with Crippen molar-refractivity contribution in [3.63, 3.8) is 0 Å². The Morgan fingerprint density at radius 1 is 1.30 bits per heavy atom. The standard InChI is InChI=1S/C16H30N2O2/c1-12-5-6-13(9-12)10-17-14-7-8-18(11-14)15(19)20-16(2,3)4/h12-14,17H,5-11H2,1-4H3. The smallest absolute Gasteiger partial charge is 0.410 e. The number of ether oxygens (including phenoxy) is 1. The van der Waals surface area contributed by atoms with E-state index in [0.29, 0.717) is 6.04 Å². The minimum absolute atomic E-state index is 0.170. The van der Waals surface area contributed by atoms with Crippen LogP contribution < -0.4 is 5.32 Å². The lowest BCUT2D eigenvalue weighted by atomic mass is 10.1. The van der Waals surface area contributed by atoms with Crippen LogP contribution >= 0.6 is 0 Å². The first kappa shape index (κ1) is 15.6. The van der Waals surface area contributed by atoms with E-state index in [9.17, 15) is 4.79 Å². The van der Waals surface area contributed by atoms with Gasteiger partial charge in [-0.3, -0.25) is 0 Å². The van der Waals surface area contributed by atoms with Crippen molar-refractivity contribution in [3.8, 4) is 0 Å². The SMILES string of the molecule is CC1CCC(CNC2CCN(C(=O)OC(C)(C)C)C2)C1. The van der Waals surface area contributed by atoms with Crippen molar-refractivity contribution in [1.29, 1.82) is 0 Å². The van der Waals surface area contributed by atoms with Crippen molar-refractivity contribution >= 4 is 6.09 Å². The van der Waals surface area contributed by atoms with Crippen LogP contribution in [0.25, 0.3) is 0 Å². The molecule has 2 fully saturated rings. The van der Waals surface area contributed by atoms with Crippen molar-refractivity contribution in [2.24, 2.45) is 11.8 Å². The summed E-state index contributed by atoms with van der Waals surface area (Å²) < 4.78 is 5.42. The van der Waals surface area contributed by atoms with E-state index in [2.05, 4.69) is 12.2 Å². The molecule has 0 bridgehead atoms. The van der Waals surface area contributed by atoms with Gasteiger partial charge >= 0.3 is 6.09 Å². The summed E-state index contributed by atoms with van der Waals surface area (Å²) in [5.74, 6) is 1.73. The number of rotatable bonds is 3. The predicted octanol–water partition coefficient (Wildman–Crippen LogP) is 3.02. The Kier molecular flexibility index (Phi) is 4.95. The van der Waals surface area contributed by atoms with Gasteiger partial charge in [0.05, 0.1) is 0 Å². The molecule has 2 rings (SSSR count). The average molecular weight is 282 g/mol. The normalized spacial score (nSPS) is 30.8. The van der Waals surface area contributed by atoms with Gasteiger partial charge in [-0.15, -0.1) is 0 Å². The Labute approximate surface area is 123 Å². The third kappa shape index (κ3) is 4.65. The Morgan fingerprint density at radius 2 is 2.05 bits per heavy atom. The number of likely N-dealkylation sites (tertiary alicyclic amines) is 1. The summed E-state index contributed by atoms with van der Waals surface area (Å²) in [6.45, 7) is 10.8. The highest BCUT2D eigenvalue weighted by Crippen LogP contribution is 2.29. The summed E-state index contributed by atoms with van der Waals surface area (Å²) in [4.78, 5) is 13.8. The summed E-state index contributed by atoms with van der Waals surface area (Å²) in [7, 11) is 0. The molecule has 1 heterocycles. The van der Waals surface area contributed by atoms with Crippen molar-refractivity contribution < 1.29 is 9.53 Å². The summed E-state index contributed by atoms with van der Waals surface area (Å²) in [5, 5.41) is 3.64. The molecule has 1 aliphatic carbocycles. The molecule has 0 aromatic carbocycles. The van der Waals surface area contributed by atoms with Gasteiger partial charge in [-0.25, -0.2) is 4.79 Å². The molecule has 4 heteroatoms. The summed E-state index contributed by atoms with van der Waals surface area (Å²) >= 11 is 0. The predicted molar refractivity (Wildman–Crippen MR) is 80.7 cm³/mol. The third-order valence-electron chi connectivity index (χ3n) is 4.34. The van der Waals surface area contributed by atoms with Crippen LogP contribution in [-0.2, 0) is 4.74 Å². The van der Waals surface area contributed by atoms with E-state index in [4.69, 9.17) is 4.74 Å². The molecule has 0 radical (unpaired) electrons. The van der Waals surface area contributed by atoms with Crippen molar-refractivity contribution in [2.45, 2.75) is 65.0 Å². The van der Waals surface area contributed by atoms with Crippen molar-refractivity contribution in [3.05, 3.63) is 0 Å². The van der Waals surface area contributed by atoms with E-state index in [1.165, 1.54) is 19.3 Å². The molecular formula is C16H30N2O2. The van der Waals surface area contributed by atoms with Crippen LogP contribution in [0.3, 0.4) is 0 Å². The van der Waals surface area contributed by atoms with Crippen molar-refractivity contribution in [2.75, 3.05) is 19.6 Å². The highest BCUT2D eigenvalue weighted by atomic mass is 16.6. The monoisotopic (exact) mass is 282 g/mol. The molecule has 0 aromatic rings. The average Bonchev–Trinajstić information content (AvgIpc) is 2.93. The van der Waals surface area contributed by atoms with Gasteiger partial charge in [-0.2, -0.15) is 0 Å². The molecule has 116 valence electrons. The quantitative estimate of drug-likeness (QED) is 0.865. The number of hydrogen-bond donors (Lipinski definition) is 1. The highest BCUT2D eigenvalue weighted by Gasteiger charge is 2.30.